The number of nitrogens with one attached hydrogen (secondary N) is 1. The zero-order valence-corrected chi connectivity index (χ0v) is 12.9. The van der Waals surface area contributed by atoms with Crippen molar-refractivity contribution in [1.82, 2.24) is 9.97 Å². The topological polar surface area (TPSA) is 64.1 Å². The summed E-state index contributed by atoms with van der Waals surface area (Å²) in [6.45, 7) is 5.68. The minimum absolute atomic E-state index is 0.0297. The first-order chi connectivity index (χ1) is 9.45. The maximum Gasteiger partial charge on any atom is 0.259 e. The smallest absolute Gasteiger partial charge is 0.259 e. The van der Waals surface area contributed by atoms with E-state index >= 15 is 0 Å². The Morgan fingerprint density at radius 2 is 2.15 bits per heavy atom. The molecule has 7 heteroatoms. The number of aryl methyl sites for hydroxylation is 1. The molecule has 5 nitrogen and oxygen atoms in total. The molecule has 0 spiro atoms. The summed E-state index contributed by atoms with van der Waals surface area (Å²) in [6, 6.07) is 1.53. The van der Waals surface area contributed by atoms with Gasteiger partial charge in [-0.3, -0.25) is 10.1 Å². The fourth-order valence-corrected chi connectivity index (χ4v) is 2.31. The molecule has 2 aromatic rings. The summed E-state index contributed by atoms with van der Waals surface area (Å²) < 4.78 is 5.42. The molecule has 1 N–H and O–H groups in total. The van der Waals surface area contributed by atoms with Gasteiger partial charge in [0.05, 0.1) is 11.7 Å². The molecule has 20 heavy (non-hydrogen) atoms. The van der Waals surface area contributed by atoms with E-state index in [1.165, 1.54) is 23.6 Å². The third kappa shape index (κ3) is 3.68. The molecular weight excluding hydrogens is 298 g/mol. The van der Waals surface area contributed by atoms with E-state index in [1.807, 2.05) is 20.8 Å². The van der Waals surface area contributed by atoms with Gasteiger partial charge in [0.25, 0.3) is 5.91 Å². The molecule has 0 radical (unpaired) electrons. The first-order valence-electron chi connectivity index (χ1n) is 6.01. The molecule has 0 aliphatic carbocycles. The Balaban J connectivity index is 2.12. The molecule has 0 saturated carbocycles. The molecule has 0 aliphatic rings. The lowest BCUT2D eigenvalue weighted by molar-refractivity contribution is 0.102. The maximum absolute atomic E-state index is 12.0. The highest BCUT2D eigenvalue weighted by Crippen LogP contribution is 2.24. The van der Waals surface area contributed by atoms with Crippen LogP contribution in [0.1, 0.15) is 29.1 Å². The molecule has 0 saturated heterocycles. The normalized spacial score (nSPS) is 10.7. The van der Waals surface area contributed by atoms with Gasteiger partial charge in [-0.2, -0.15) is 0 Å². The fourth-order valence-electron chi connectivity index (χ4n) is 1.44. The van der Waals surface area contributed by atoms with Crippen LogP contribution in [0.2, 0.25) is 5.02 Å². The van der Waals surface area contributed by atoms with Crippen LogP contribution < -0.4 is 10.1 Å². The molecule has 1 amide bonds. The first-order valence-corrected chi connectivity index (χ1v) is 7.21. The number of hydrogen-bond donors (Lipinski definition) is 1. The summed E-state index contributed by atoms with van der Waals surface area (Å²) in [7, 11) is 0. The van der Waals surface area contributed by atoms with Crippen LogP contribution in [0.4, 0.5) is 5.13 Å². The van der Waals surface area contributed by atoms with Crippen molar-refractivity contribution in [2.45, 2.75) is 26.9 Å². The van der Waals surface area contributed by atoms with Gasteiger partial charge in [0.15, 0.2) is 5.13 Å². The number of carbonyl (C=O) groups is 1. The Bertz CT molecular complexity index is 628. The highest BCUT2D eigenvalue weighted by molar-refractivity contribution is 7.15. The van der Waals surface area contributed by atoms with Crippen molar-refractivity contribution in [2.75, 3.05) is 5.32 Å². The van der Waals surface area contributed by atoms with Crippen molar-refractivity contribution in [1.29, 1.82) is 0 Å². The highest BCUT2D eigenvalue weighted by Gasteiger charge is 2.13. The number of anilines is 1. The van der Waals surface area contributed by atoms with Gasteiger partial charge in [0.1, 0.15) is 5.02 Å². The van der Waals surface area contributed by atoms with Crippen molar-refractivity contribution >= 4 is 34.0 Å². The third-order valence-corrected chi connectivity index (χ3v) is 3.36. The zero-order chi connectivity index (χ0) is 14.7. The van der Waals surface area contributed by atoms with Gasteiger partial charge < -0.3 is 4.74 Å². The molecule has 0 aromatic carbocycles. The average Bonchev–Trinajstić information content (AvgIpc) is 2.76. The maximum atomic E-state index is 12.0. The third-order valence-electron chi connectivity index (χ3n) is 2.26. The Labute approximate surface area is 126 Å². The van der Waals surface area contributed by atoms with Crippen LogP contribution in [0.3, 0.4) is 0 Å². The number of halogens is 1. The molecule has 0 atom stereocenters. The number of rotatable bonds is 4. The van der Waals surface area contributed by atoms with Crippen molar-refractivity contribution in [3.8, 4) is 5.88 Å². The van der Waals surface area contributed by atoms with Crippen molar-refractivity contribution < 1.29 is 9.53 Å². The summed E-state index contributed by atoms with van der Waals surface area (Å²) in [5.74, 6) is 0.0214. The summed E-state index contributed by atoms with van der Waals surface area (Å²) in [5, 5.41) is 3.55. The predicted octanol–water partition coefficient (Wildman–Crippen LogP) is 3.54. The van der Waals surface area contributed by atoms with Crippen LogP contribution in [0.5, 0.6) is 5.88 Å². The van der Waals surface area contributed by atoms with E-state index < -0.39 is 0 Å². The van der Waals surface area contributed by atoms with Crippen molar-refractivity contribution in [2.24, 2.45) is 0 Å². The van der Waals surface area contributed by atoms with Crippen molar-refractivity contribution in [3.63, 3.8) is 0 Å². The lowest BCUT2D eigenvalue weighted by Crippen LogP contribution is -2.13. The van der Waals surface area contributed by atoms with Crippen LogP contribution in [-0.4, -0.2) is 22.0 Å². The van der Waals surface area contributed by atoms with Crippen LogP contribution >= 0.6 is 22.9 Å². The van der Waals surface area contributed by atoms with E-state index in [9.17, 15) is 4.79 Å². The molecule has 2 heterocycles. The van der Waals surface area contributed by atoms with E-state index in [0.29, 0.717) is 21.6 Å². The second kappa shape index (κ2) is 6.19. The Morgan fingerprint density at radius 1 is 1.40 bits per heavy atom. The number of ether oxygens (including phenoxy) is 1. The Morgan fingerprint density at radius 3 is 2.70 bits per heavy atom. The van der Waals surface area contributed by atoms with Gasteiger partial charge in [0, 0.05) is 17.3 Å². The molecular formula is C13H14ClN3O2S. The fraction of sp³-hybridized carbons (Fsp3) is 0.308. The summed E-state index contributed by atoms with van der Waals surface area (Å²) >= 11 is 7.45. The van der Waals surface area contributed by atoms with Gasteiger partial charge in [-0.25, -0.2) is 9.97 Å². The largest absolute Gasteiger partial charge is 0.474 e. The molecule has 2 rings (SSSR count). The summed E-state index contributed by atoms with van der Waals surface area (Å²) in [6.07, 6.45) is 3.10. The standard InChI is InChI=1S/C13H14ClN3O2S/c1-7(2)19-12-10(14)4-9(6-15-12)11(18)17-13-16-5-8(3)20-13/h4-7H,1-3H3,(H,16,17,18). The summed E-state index contributed by atoms with van der Waals surface area (Å²) in [4.78, 5) is 21.2. The van der Waals surface area contributed by atoms with Gasteiger partial charge in [-0.15, -0.1) is 11.3 Å². The number of carbonyl (C=O) groups excluding carboxylic acids is 1. The van der Waals surface area contributed by atoms with E-state index in [4.69, 9.17) is 16.3 Å². The lowest BCUT2D eigenvalue weighted by Gasteiger charge is -2.10. The number of amides is 1. The number of aromatic nitrogens is 2. The number of hydrogen-bond acceptors (Lipinski definition) is 5. The number of thiazole rings is 1. The van der Waals surface area contributed by atoms with Crippen molar-refractivity contribution in [3.05, 3.63) is 33.9 Å². The van der Waals surface area contributed by atoms with Crippen LogP contribution in [0.15, 0.2) is 18.5 Å². The lowest BCUT2D eigenvalue weighted by atomic mass is 10.2. The molecule has 0 unspecified atom stereocenters. The van der Waals surface area contributed by atoms with E-state index in [-0.39, 0.29) is 12.0 Å². The SMILES string of the molecule is Cc1cnc(NC(=O)c2cnc(OC(C)C)c(Cl)c2)s1. The quantitative estimate of drug-likeness (QED) is 0.938. The van der Waals surface area contributed by atoms with Crippen LogP contribution in [0, 0.1) is 6.92 Å². The molecule has 106 valence electrons. The van der Waals surface area contributed by atoms with Gasteiger partial charge in [-0.1, -0.05) is 11.6 Å². The molecule has 0 aliphatic heterocycles. The zero-order valence-electron chi connectivity index (χ0n) is 11.3. The van der Waals surface area contributed by atoms with Crippen LogP contribution in [-0.2, 0) is 0 Å². The van der Waals surface area contributed by atoms with Gasteiger partial charge in [-0.05, 0) is 26.8 Å². The second-order valence-corrected chi connectivity index (χ2v) is 6.05. The average molecular weight is 312 g/mol. The van der Waals surface area contributed by atoms with E-state index in [1.54, 1.807) is 6.20 Å². The van der Waals surface area contributed by atoms with Gasteiger partial charge >= 0.3 is 0 Å². The first kappa shape index (κ1) is 14.7. The second-order valence-electron chi connectivity index (χ2n) is 4.41. The van der Waals surface area contributed by atoms with Crippen LogP contribution in [0.25, 0.3) is 0 Å². The molecule has 2 aromatic heterocycles. The summed E-state index contributed by atoms with van der Waals surface area (Å²) in [5.41, 5.74) is 0.360. The van der Waals surface area contributed by atoms with E-state index in [2.05, 4.69) is 15.3 Å². The Hall–Kier alpha value is -1.66. The van der Waals surface area contributed by atoms with Gasteiger partial charge in [0.2, 0.25) is 5.88 Å². The Kier molecular flexibility index (Phi) is 4.57. The minimum atomic E-state index is -0.301. The highest BCUT2D eigenvalue weighted by atomic mass is 35.5. The molecule has 0 fully saturated rings. The number of pyridine rings is 1. The number of nitrogens with zero attached hydrogens (tertiary/aromatic N) is 2. The predicted molar refractivity (Wildman–Crippen MR) is 79.8 cm³/mol. The monoisotopic (exact) mass is 311 g/mol. The van der Waals surface area contributed by atoms with E-state index in [0.717, 1.165) is 4.88 Å². The molecule has 0 bridgehead atoms. The minimum Gasteiger partial charge on any atom is -0.474 e.